The van der Waals surface area contributed by atoms with Crippen molar-refractivity contribution in [2.24, 2.45) is 0 Å². The van der Waals surface area contributed by atoms with Gasteiger partial charge in [0, 0.05) is 55.7 Å². The SMILES string of the molecule is CCCCN(CCCC)SSSSSSCN(C(=O)O)c1cccc2c1OC(C)(C)C2. The zero-order valence-corrected chi connectivity index (χ0v) is 23.4. The molecule has 1 N–H and O–H groups in total. The van der Waals surface area contributed by atoms with Crippen LogP contribution < -0.4 is 9.64 Å². The molecule has 176 valence electrons. The summed E-state index contributed by atoms with van der Waals surface area (Å²) in [5.41, 5.74) is 1.41. The Labute approximate surface area is 209 Å². The number of carbonyl (C=O) groups is 1. The molecule has 0 aliphatic carbocycles. The standard InChI is InChI=1S/C20H32N2O3S6/c1-5-7-12-21(13-8-6-2)27-29-31-30-28-26-15-22(19(23)24)17-11-9-10-16-14-20(3,4)25-18(16)17/h9-11H,5-8,12-15H2,1-4H3,(H,23,24). The molecule has 0 atom stereocenters. The number of rotatable bonds is 15. The lowest BCUT2D eigenvalue weighted by atomic mass is 10.0. The normalized spacial score (nSPS) is 14.5. The lowest BCUT2D eigenvalue weighted by Crippen LogP contribution is -2.29. The van der Waals surface area contributed by atoms with Crippen molar-refractivity contribution in [3.63, 3.8) is 0 Å². The van der Waals surface area contributed by atoms with Crippen LogP contribution in [0, 0.1) is 0 Å². The van der Waals surface area contributed by atoms with Gasteiger partial charge >= 0.3 is 6.09 Å². The van der Waals surface area contributed by atoms with Crippen molar-refractivity contribution in [2.45, 2.75) is 65.4 Å². The summed E-state index contributed by atoms with van der Waals surface area (Å²) in [5.74, 6) is 1.05. The van der Waals surface area contributed by atoms with Crippen LogP contribution in [-0.2, 0) is 6.42 Å². The minimum atomic E-state index is -0.958. The van der Waals surface area contributed by atoms with Crippen molar-refractivity contribution in [2.75, 3.05) is 23.9 Å². The van der Waals surface area contributed by atoms with Gasteiger partial charge in [0.15, 0.2) is 0 Å². The number of fused-ring (bicyclic) bond motifs is 1. The number of amides is 1. The monoisotopic (exact) mass is 540 g/mol. The van der Waals surface area contributed by atoms with Gasteiger partial charge in [-0.15, -0.1) is 0 Å². The molecule has 0 saturated heterocycles. The summed E-state index contributed by atoms with van der Waals surface area (Å²) >= 11 is 0. The number of carboxylic acid groups (broad SMARTS) is 1. The van der Waals surface area contributed by atoms with E-state index in [0.29, 0.717) is 17.3 Å². The molecular weight excluding hydrogens is 509 g/mol. The second kappa shape index (κ2) is 14.6. The first kappa shape index (κ1) is 27.6. The molecule has 11 heteroatoms. The van der Waals surface area contributed by atoms with E-state index in [1.807, 2.05) is 43.0 Å². The largest absolute Gasteiger partial charge is 0.485 e. The fourth-order valence-electron chi connectivity index (χ4n) is 3.07. The Bertz CT molecular complexity index is 687. The Morgan fingerprint density at radius 3 is 2.42 bits per heavy atom. The highest BCUT2D eigenvalue weighted by molar-refractivity contribution is 9.41. The van der Waals surface area contributed by atoms with E-state index in [2.05, 4.69) is 18.2 Å². The summed E-state index contributed by atoms with van der Waals surface area (Å²) < 4.78 is 8.50. The number of ether oxygens (including phenoxy) is 1. The van der Waals surface area contributed by atoms with Gasteiger partial charge in [-0.3, -0.25) is 4.90 Å². The van der Waals surface area contributed by atoms with Gasteiger partial charge in [0.25, 0.3) is 0 Å². The van der Waals surface area contributed by atoms with Crippen molar-refractivity contribution in [1.82, 2.24) is 4.31 Å². The van der Waals surface area contributed by atoms with Crippen molar-refractivity contribution in [1.29, 1.82) is 0 Å². The Morgan fingerprint density at radius 2 is 1.77 bits per heavy atom. The van der Waals surface area contributed by atoms with Crippen LogP contribution in [0.4, 0.5) is 10.5 Å². The predicted octanol–water partition coefficient (Wildman–Crippen LogP) is 8.63. The van der Waals surface area contributed by atoms with Gasteiger partial charge in [0.05, 0.1) is 11.6 Å². The van der Waals surface area contributed by atoms with Crippen LogP contribution in [0.5, 0.6) is 5.75 Å². The highest BCUT2D eigenvalue weighted by Gasteiger charge is 2.34. The Morgan fingerprint density at radius 1 is 1.10 bits per heavy atom. The van der Waals surface area contributed by atoms with Crippen LogP contribution in [0.15, 0.2) is 18.2 Å². The zero-order chi connectivity index (χ0) is 22.7. The average Bonchev–Trinajstić information content (AvgIpc) is 3.05. The van der Waals surface area contributed by atoms with E-state index in [4.69, 9.17) is 4.74 Å². The van der Waals surface area contributed by atoms with Gasteiger partial charge in [-0.2, -0.15) is 0 Å². The van der Waals surface area contributed by atoms with Gasteiger partial charge in [0.2, 0.25) is 0 Å². The topological polar surface area (TPSA) is 53.0 Å². The van der Waals surface area contributed by atoms with Gasteiger partial charge in [-0.1, -0.05) is 49.6 Å². The van der Waals surface area contributed by atoms with E-state index >= 15 is 0 Å². The first-order chi connectivity index (χ1) is 14.9. The smallest absolute Gasteiger partial charge is 0.412 e. The molecule has 0 bridgehead atoms. The van der Waals surface area contributed by atoms with Crippen LogP contribution in [0.1, 0.15) is 58.9 Å². The number of nitrogens with zero attached hydrogens (tertiary/aromatic N) is 2. The maximum absolute atomic E-state index is 11.9. The molecule has 1 aliphatic heterocycles. The average molecular weight is 541 g/mol. The highest BCUT2D eigenvalue weighted by Crippen LogP contribution is 2.53. The quantitative estimate of drug-likeness (QED) is 0.101. The molecule has 0 unspecified atom stereocenters. The molecule has 0 radical (unpaired) electrons. The summed E-state index contributed by atoms with van der Waals surface area (Å²) in [6, 6.07) is 5.75. The second-order valence-electron chi connectivity index (χ2n) is 7.74. The lowest BCUT2D eigenvalue weighted by Gasteiger charge is -2.23. The van der Waals surface area contributed by atoms with E-state index in [1.165, 1.54) is 41.4 Å². The van der Waals surface area contributed by atoms with Crippen molar-refractivity contribution >= 4 is 72.9 Å². The molecular formula is C20H32N2O3S6. The summed E-state index contributed by atoms with van der Waals surface area (Å²) in [6.45, 7) is 10.8. The molecule has 1 aliphatic rings. The first-order valence-corrected chi connectivity index (χ1v) is 18.0. The van der Waals surface area contributed by atoms with Crippen molar-refractivity contribution in [3.05, 3.63) is 23.8 Å². The number of hydrogen-bond acceptors (Lipinski definition) is 9. The Balaban J connectivity index is 1.75. The van der Waals surface area contributed by atoms with E-state index in [9.17, 15) is 9.90 Å². The van der Waals surface area contributed by atoms with E-state index in [1.54, 1.807) is 39.3 Å². The maximum Gasteiger partial charge on any atom is 0.412 e. The molecule has 5 nitrogen and oxygen atoms in total. The molecule has 0 spiro atoms. The molecule has 2 rings (SSSR count). The predicted molar refractivity (Wildman–Crippen MR) is 147 cm³/mol. The summed E-state index contributed by atoms with van der Waals surface area (Å²) in [7, 11) is 10.2. The van der Waals surface area contributed by atoms with Crippen LogP contribution in [0.2, 0.25) is 0 Å². The maximum atomic E-state index is 11.9. The molecule has 1 aromatic rings. The van der Waals surface area contributed by atoms with Crippen molar-refractivity contribution < 1.29 is 14.6 Å². The third-order valence-electron chi connectivity index (χ3n) is 4.56. The summed E-state index contributed by atoms with van der Waals surface area (Å²) in [4.78, 5) is 13.3. The number of benzene rings is 1. The van der Waals surface area contributed by atoms with Crippen LogP contribution in [0.3, 0.4) is 0 Å². The lowest BCUT2D eigenvalue weighted by molar-refractivity contribution is 0.138. The number of hydrogen-bond donors (Lipinski definition) is 1. The summed E-state index contributed by atoms with van der Waals surface area (Å²) in [5, 5.41) is 9.75. The fourth-order valence-corrected chi connectivity index (χ4v) is 14.3. The molecule has 1 amide bonds. The number of anilines is 1. The van der Waals surface area contributed by atoms with Crippen LogP contribution in [0.25, 0.3) is 0 Å². The third-order valence-corrected chi connectivity index (χ3v) is 15.2. The molecule has 1 heterocycles. The summed E-state index contributed by atoms with van der Waals surface area (Å²) in [6.07, 6.45) is 4.73. The number of para-hydroxylation sites is 1. The Kier molecular flexibility index (Phi) is 13.0. The molecule has 0 saturated carbocycles. The minimum absolute atomic E-state index is 0.298. The first-order valence-electron chi connectivity index (χ1n) is 10.4. The molecule has 0 fully saturated rings. The molecule has 1 aromatic carbocycles. The van der Waals surface area contributed by atoms with Gasteiger partial charge < -0.3 is 9.84 Å². The second-order valence-corrected chi connectivity index (χ2v) is 17.1. The van der Waals surface area contributed by atoms with Crippen molar-refractivity contribution in [3.8, 4) is 5.75 Å². The van der Waals surface area contributed by atoms with E-state index in [0.717, 1.165) is 25.1 Å². The van der Waals surface area contributed by atoms with Gasteiger partial charge in [-0.05, 0) is 52.4 Å². The van der Waals surface area contributed by atoms with Crippen LogP contribution >= 0.6 is 61.1 Å². The Hall–Kier alpha value is 0.350. The number of unbranched alkanes of at least 4 members (excludes halogenated alkanes) is 2. The van der Waals surface area contributed by atoms with Gasteiger partial charge in [0.1, 0.15) is 11.4 Å². The fraction of sp³-hybridized carbons (Fsp3) is 0.650. The highest BCUT2D eigenvalue weighted by atomic mass is 33.9. The molecule has 0 aromatic heterocycles. The van der Waals surface area contributed by atoms with Gasteiger partial charge in [-0.25, -0.2) is 9.10 Å². The zero-order valence-electron chi connectivity index (χ0n) is 18.5. The molecule has 31 heavy (non-hydrogen) atoms. The van der Waals surface area contributed by atoms with E-state index in [-0.39, 0.29) is 5.60 Å². The van der Waals surface area contributed by atoms with Crippen LogP contribution in [-0.4, -0.2) is 40.1 Å². The minimum Gasteiger partial charge on any atom is -0.485 e. The third kappa shape index (κ3) is 9.62. The van der Waals surface area contributed by atoms with E-state index < -0.39 is 6.09 Å².